The zero-order chi connectivity index (χ0) is 15.4. The fourth-order valence-electron chi connectivity index (χ4n) is 1.67. The minimum atomic E-state index is -0.905. The third-order valence-electron chi connectivity index (χ3n) is 2.68. The topological polar surface area (TPSA) is 116 Å². The van der Waals surface area contributed by atoms with E-state index in [2.05, 4.69) is 0 Å². The van der Waals surface area contributed by atoms with Crippen molar-refractivity contribution in [3.8, 4) is 11.5 Å². The van der Waals surface area contributed by atoms with Gasteiger partial charge in [-0.05, 0) is 5.56 Å². The van der Waals surface area contributed by atoms with E-state index in [0.29, 0.717) is 6.07 Å². The normalized spacial score (nSPS) is 10.1. The Balaban J connectivity index is 2.33. The van der Waals surface area contributed by atoms with Crippen LogP contribution in [0.1, 0.15) is 5.56 Å². The minimum Gasteiger partial charge on any atom is -0.500 e. The molecule has 0 radical (unpaired) electrons. The molecule has 0 saturated heterocycles. The van der Waals surface area contributed by atoms with E-state index in [0.717, 1.165) is 11.6 Å². The van der Waals surface area contributed by atoms with Gasteiger partial charge in [-0.25, -0.2) is 0 Å². The van der Waals surface area contributed by atoms with Gasteiger partial charge in [-0.1, -0.05) is 30.3 Å². The van der Waals surface area contributed by atoms with Gasteiger partial charge in [-0.3, -0.25) is 20.2 Å². The van der Waals surface area contributed by atoms with E-state index < -0.39 is 27.0 Å². The Morgan fingerprint density at radius 2 is 1.71 bits per heavy atom. The lowest BCUT2D eigenvalue weighted by Crippen LogP contribution is -1.99. The van der Waals surface area contributed by atoms with Gasteiger partial charge in [0.1, 0.15) is 6.61 Å². The van der Waals surface area contributed by atoms with Crippen LogP contribution in [0.2, 0.25) is 0 Å². The predicted octanol–water partition coefficient (Wildman–Crippen LogP) is 2.79. The van der Waals surface area contributed by atoms with Gasteiger partial charge in [0.05, 0.1) is 22.0 Å². The third-order valence-corrected chi connectivity index (χ3v) is 2.68. The van der Waals surface area contributed by atoms with Crippen LogP contribution in [0.5, 0.6) is 11.5 Å². The van der Waals surface area contributed by atoms with Crippen molar-refractivity contribution >= 4 is 11.4 Å². The number of ether oxygens (including phenoxy) is 1. The SMILES string of the molecule is O=[N+]([O-])c1cc(OCc2ccccc2)c(O)c([N+](=O)[O-])c1. The molecule has 0 aliphatic rings. The number of aromatic hydroxyl groups is 1. The largest absolute Gasteiger partial charge is 0.500 e. The van der Waals surface area contributed by atoms with Crippen molar-refractivity contribution in [3.63, 3.8) is 0 Å². The molecule has 0 atom stereocenters. The summed E-state index contributed by atoms with van der Waals surface area (Å²) in [6, 6.07) is 10.5. The van der Waals surface area contributed by atoms with Gasteiger partial charge in [0.2, 0.25) is 5.75 Å². The summed E-state index contributed by atoms with van der Waals surface area (Å²) in [7, 11) is 0. The summed E-state index contributed by atoms with van der Waals surface area (Å²) in [6.07, 6.45) is 0. The quantitative estimate of drug-likeness (QED) is 0.668. The van der Waals surface area contributed by atoms with Crippen molar-refractivity contribution in [2.45, 2.75) is 6.61 Å². The second-order valence-corrected chi connectivity index (χ2v) is 4.10. The molecule has 1 N–H and O–H groups in total. The number of rotatable bonds is 5. The maximum absolute atomic E-state index is 10.8. The lowest BCUT2D eigenvalue weighted by atomic mass is 10.2. The van der Waals surface area contributed by atoms with Crippen LogP contribution in [0.25, 0.3) is 0 Å². The molecule has 2 rings (SSSR count). The lowest BCUT2D eigenvalue weighted by Gasteiger charge is -2.08. The second kappa shape index (κ2) is 5.87. The van der Waals surface area contributed by atoms with Gasteiger partial charge in [0.25, 0.3) is 5.69 Å². The molecule has 0 spiro atoms. The molecule has 0 saturated carbocycles. The van der Waals surface area contributed by atoms with E-state index >= 15 is 0 Å². The zero-order valence-corrected chi connectivity index (χ0v) is 10.6. The van der Waals surface area contributed by atoms with E-state index in [1.54, 1.807) is 30.3 Å². The highest BCUT2D eigenvalue weighted by molar-refractivity contribution is 5.61. The molecule has 2 aromatic carbocycles. The summed E-state index contributed by atoms with van der Waals surface area (Å²) in [5, 5.41) is 31.3. The van der Waals surface area contributed by atoms with Crippen molar-refractivity contribution in [3.05, 3.63) is 68.3 Å². The van der Waals surface area contributed by atoms with E-state index in [1.165, 1.54) is 0 Å². The summed E-state index contributed by atoms with van der Waals surface area (Å²) in [4.78, 5) is 19.9. The molecule has 0 amide bonds. The molecular formula is C13H10N2O6. The monoisotopic (exact) mass is 290 g/mol. The summed E-state index contributed by atoms with van der Waals surface area (Å²) in [5.41, 5.74) is -0.541. The van der Waals surface area contributed by atoms with Crippen molar-refractivity contribution in [2.24, 2.45) is 0 Å². The average molecular weight is 290 g/mol. The molecule has 0 heterocycles. The number of hydrogen-bond acceptors (Lipinski definition) is 6. The molecular weight excluding hydrogens is 280 g/mol. The first kappa shape index (κ1) is 14.3. The number of nitro groups is 2. The van der Waals surface area contributed by atoms with Crippen LogP contribution in [-0.2, 0) is 6.61 Å². The Labute approximate surface area is 118 Å². The van der Waals surface area contributed by atoms with Crippen LogP contribution >= 0.6 is 0 Å². The molecule has 0 bridgehead atoms. The first-order chi connectivity index (χ1) is 9.99. The highest BCUT2D eigenvalue weighted by atomic mass is 16.6. The molecule has 0 aliphatic carbocycles. The first-order valence-corrected chi connectivity index (χ1v) is 5.81. The van der Waals surface area contributed by atoms with Crippen LogP contribution in [0.3, 0.4) is 0 Å². The molecule has 0 aliphatic heterocycles. The summed E-state index contributed by atoms with van der Waals surface area (Å²) in [6.45, 7) is 0.0206. The van der Waals surface area contributed by atoms with Crippen molar-refractivity contribution < 1.29 is 19.7 Å². The van der Waals surface area contributed by atoms with Crippen LogP contribution in [0.15, 0.2) is 42.5 Å². The molecule has 8 heteroatoms. The van der Waals surface area contributed by atoms with Crippen LogP contribution in [0.4, 0.5) is 11.4 Å². The maximum Gasteiger partial charge on any atom is 0.321 e. The highest BCUT2D eigenvalue weighted by Crippen LogP contribution is 2.39. The molecule has 0 unspecified atom stereocenters. The number of nitrogens with zero attached hydrogens (tertiary/aromatic N) is 2. The fraction of sp³-hybridized carbons (Fsp3) is 0.0769. The summed E-state index contributed by atoms with van der Waals surface area (Å²) < 4.78 is 5.25. The van der Waals surface area contributed by atoms with E-state index in [-0.39, 0.29) is 12.4 Å². The number of hydrogen-bond donors (Lipinski definition) is 1. The van der Waals surface area contributed by atoms with Gasteiger partial charge in [0.15, 0.2) is 5.75 Å². The average Bonchev–Trinajstić information content (AvgIpc) is 2.46. The smallest absolute Gasteiger partial charge is 0.321 e. The standard InChI is InChI=1S/C13H10N2O6/c16-13-11(15(19)20)6-10(14(17)18)7-12(13)21-8-9-4-2-1-3-5-9/h1-7,16H,8H2. The fourth-order valence-corrected chi connectivity index (χ4v) is 1.67. The van der Waals surface area contributed by atoms with Gasteiger partial charge in [-0.2, -0.15) is 0 Å². The molecule has 8 nitrogen and oxygen atoms in total. The first-order valence-electron chi connectivity index (χ1n) is 5.81. The molecule has 21 heavy (non-hydrogen) atoms. The Kier molecular flexibility index (Phi) is 3.98. The second-order valence-electron chi connectivity index (χ2n) is 4.10. The zero-order valence-electron chi connectivity index (χ0n) is 10.6. The minimum absolute atomic E-state index is 0.0206. The summed E-state index contributed by atoms with van der Waals surface area (Å²) in [5.74, 6) is -1.04. The van der Waals surface area contributed by atoms with Crippen LogP contribution < -0.4 is 4.74 Å². The van der Waals surface area contributed by atoms with Gasteiger partial charge >= 0.3 is 5.69 Å². The third kappa shape index (κ3) is 3.24. The number of nitro benzene ring substituents is 2. The molecule has 0 fully saturated rings. The number of phenols is 1. The maximum atomic E-state index is 10.8. The van der Waals surface area contributed by atoms with Crippen LogP contribution in [0, 0.1) is 20.2 Å². The van der Waals surface area contributed by atoms with E-state index in [9.17, 15) is 25.3 Å². The Morgan fingerprint density at radius 1 is 1.05 bits per heavy atom. The van der Waals surface area contributed by atoms with Crippen LogP contribution in [-0.4, -0.2) is 15.0 Å². The number of benzene rings is 2. The highest BCUT2D eigenvalue weighted by Gasteiger charge is 2.24. The van der Waals surface area contributed by atoms with Gasteiger partial charge in [0, 0.05) is 0 Å². The van der Waals surface area contributed by atoms with E-state index in [4.69, 9.17) is 4.74 Å². The molecule has 2 aromatic rings. The Hall–Kier alpha value is -3.16. The number of non-ortho nitro benzene ring substituents is 1. The Morgan fingerprint density at radius 3 is 2.29 bits per heavy atom. The van der Waals surface area contributed by atoms with Crippen molar-refractivity contribution in [1.82, 2.24) is 0 Å². The molecule has 0 aromatic heterocycles. The lowest BCUT2D eigenvalue weighted by molar-refractivity contribution is -0.394. The summed E-state index contributed by atoms with van der Waals surface area (Å²) >= 11 is 0. The predicted molar refractivity (Wildman–Crippen MR) is 72.2 cm³/mol. The van der Waals surface area contributed by atoms with Gasteiger partial charge < -0.3 is 9.84 Å². The molecule has 108 valence electrons. The van der Waals surface area contributed by atoms with Gasteiger partial charge in [-0.15, -0.1) is 0 Å². The Bertz CT molecular complexity index is 687. The number of phenolic OH excluding ortho intramolecular Hbond substituents is 1. The van der Waals surface area contributed by atoms with Crippen molar-refractivity contribution in [1.29, 1.82) is 0 Å². The van der Waals surface area contributed by atoms with Crippen molar-refractivity contribution in [2.75, 3.05) is 0 Å². The van der Waals surface area contributed by atoms with E-state index in [1.807, 2.05) is 0 Å².